The van der Waals surface area contributed by atoms with Gasteiger partial charge in [0.25, 0.3) is 0 Å². The molecular formula is C17H36N2O3SY-2. The normalized spacial score (nSPS) is 16.8. The molecule has 0 aliphatic carbocycles. The van der Waals surface area contributed by atoms with Gasteiger partial charge in [-0.05, 0) is 31.3 Å². The van der Waals surface area contributed by atoms with Gasteiger partial charge in [0, 0.05) is 56.5 Å². The molecule has 1 fully saturated rings. The monoisotopic (exact) mass is 437 g/mol. The molecule has 0 aromatic rings. The van der Waals surface area contributed by atoms with Gasteiger partial charge in [-0.25, -0.2) is 4.28 Å². The first-order valence-corrected chi connectivity index (χ1v) is 9.06. The fraction of sp³-hybridized carbons (Fsp3) is 0.882. The van der Waals surface area contributed by atoms with Crippen LogP contribution in [0, 0.1) is 35.8 Å². The Kier molecular flexibility index (Phi) is 19.4. The van der Waals surface area contributed by atoms with E-state index in [-0.39, 0.29) is 50.8 Å². The Labute approximate surface area is 179 Å². The molecule has 0 saturated carbocycles. The zero-order valence-corrected chi connectivity index (χ0v) is 20.1. The van der Waals surface area contributed by atoms with Gasteiger partial charge in [0.1, 0.15) is 0 Å². The third kappa shape index (κ3) is 12.9. The van der Waals surface area contributed by atoms with Gasteiger partial charge in [-0.2, -0.15) is 6.42 Å². The molecule has 143 valence electrons. The number of piperidine rings is 1. The van der Waals surface area contributed by atoms with Crippen molar-refractivity contribution in [1.29, 1.82) is 0 Å². The fourth-order valence-corrected chi connectivity index (χ4v) is 2.90. The Hall–Kier alpha value is 0.614. The molecule has 5 nitrogen and oxygen atoms in total. The van der Waals surface area contributed by atoms with Gasteiger partial charge in [0.15, 0.2) is 0 Å². The Balaban J connectivity index is -0.000000818. The van der Waals surface area contributed by atoms with E-state index in [1.165, 1.54) is 19.3 Å². The van der Waals surface area contributed by atoms with Gasteiger partial charge in [-0.15, -0.1) is 10.1 Å². The van der Waals surface area contributed by atoms with Crippen LogP contribution in [-0.2, 0) is 37.0 Å². The summed E-state index contributed by atoms with van der Waals surface area (Å²) >= 11 is 0.949. The first-order chi connectivity index (χ1) is 10.3. The van der Waals surface area contributed by atoms with Crippen molar-refractivity contribution in [3.8, 4) is 0 Å². The maximum absolute atomic E-state index is 10.2. The summed E-state index contributed by atoms with van der Waals surface area (Å²) in [7, 11) is 0. The molecule has 1 heterocycles. The quantitative estimate of drug-likeness (QED) is 0.241. The summed E-state index contributed by atoms with van der Waals surface area (Å²) in [6.07, 6.45) is 4.71. The molecule has 0 bridgehead atoms. The second-order valence-corrected chi connectivity index (χ2v) is 7.79. The molecule has 0 aromatic carbocycles. The average molecular weight is 437 g/mol. The second-order valence-electron chi connectivity index (χ2n) is 6.74. The van der Waals surface area contributed by atoms with E-state index in [4.69, 9.17) is 0 Å². The molecule has 7 heteroatoms. The Morgan fingerprint density at radius 2 is 1.83 bits per heavy atom. The topological polar surface area (TPSA) is 55.6 Å². The molecule has 1 aliphatic rings. The standard InChI is InChI=1S/C13H25N2O3S.C3H8.CH3.Y/c1-5-12-6-8-14(9-7-12)10-13(3,4)11(2)19-18-15(16)17;1-3-2;;/h11-12H,1,5-10H2,2-4H3;3H2,1-2H3;1H3;/q-1;;-1;. The zero-order chi connectivity index (χ0) is 17.2. The number of nitrogens with zero attached hydrogens (tertiary/aromatic N) is 2. The van der Waals surface area contributed by atoms with E-state index in [9.17, 15) is 10.1 Å². The van der Waals surface area contributed by atoms with Gasteiger partial charge in [0.05, 0.1) is 0 Å². The van der Waals surface area contributed by atoms with E-state index in [0.29, 0.717) is 0 Å². The van der Waals surface area contributed by atoms with Crippen LogP contribution in [0.25, 0.3) is 0 Å². The van der Waals surface area contributed by atoms with Crippen LogP contribution in [0.3, 0.4) is 0 Å². The Morgan fingerprint density at radius 1 is 1.38 bits per heavy atom. The van der Waals surface area contributed by atoms with Crippen molar-refractivity contribution in [3.05, 3.63) is 24.5 Å². The summed E-state index contributed by atoms with van der Waals surface area (Å²) in [5, 5.41) is 9.57. The SMILES string of the molecule is CCC.[CH2-]CC1CCN(CC(C)(C)C(C)SO[N+](=O)[O-])CC1.[CH3-].[Y]. The van der Waals surface area contributed by atoms with Crippen molar-refractivity contribution in [2.45, 2.75) is 65.6 Å². The first kappa shape index (κ1) is 29.4. The smallest absolute Gasteiger partial charge is 0.306 e. The van der Waals surface area contributed by atoms with Crippen molar-refractivity contribution in [1.82, 2.24) is 4.90 Å². The second kappa shape index (κ2) is 15.8. The van der Waals surface area contributed by atoms with Crippen LogP contribution in [0.1, 0.15) is 60.3 Å². The van der Waals surface area contributed by atoms with Crippen LogP contribution in [-0.4, -0.2) is 34.9 Å². The van der Waals surface area contributed by atoms with Gasteiger partial charge in [-0.3, -0.25) is 0 Å². The summed E-state index contributed by atoms with van der Waals surface area (Å²) in [6, 6.07) is 0. The van der Waals surface area contributed by atoms with Crippen LogP contribution in [0.4, 0.5) is 0 Å². The van der Waals surface area contributed by atoms with Crippen LogP contribution >= 0.6 is 12.0 Å². The minimum Gasteiger partial charge on any atom is -0.358 e. The summed E-state index contributed by atoms with van der Waals surface area (Å²) in [5.41, 5.74) is -0.0159. The van der Waals surface area contributed by atoms with Gasteiger partial charge < -0.3 is 19.3 Å². The van der Waals surface area contributed by atoms with Crippen LogP contribution < -0.4 is 0 Å². The summed E-state index contributed by atoms with van der Waals surface area (Å²) in [5.74, 6) is 0.768. The van der Waals surface area contributed by atoms with Crippen LogP contribution in [0.5, 0.6) is 0 Å². The molecule has 1 saturated heterocycles. The largest absolute Gasteiger partial charge is 0.358 e. The van der Waals surface area contributed by atoms with Crippen LogP contribution in [0.15, 0.2) is 0 Å². The first-order valence-electron chi connectivity index (χ1n) is 8.26. The minimum absolute atomic E-state index is 0. The molecule has 1 atom stereocenters. The van der Waals surface area contributed by atoms with E-state index >= 15 is 0 Å². The molecule has 24 heavy (non-hydrogen) atoms. The van der Waals surface area contributed by atoms with E-state index in [0.717, 1.165) is 44.0 Å². The molecule has 0 spiro atoms. The fourth-order valence-electron chi connectivity index (χ4n) is 2.37. The van der Waals surface area contributed by atoms with Crippen molar-refractivity contribution in [2.24, 2.45) is 11.3 Å². The molecule has 0 N–H and O–H groups in total. The number of hydrogen-bond acceptors (Lipinski definition) is 5. The predicted molar refractivity (Wildman–Crippen MR) is 100 cm³/mol. The number of rotatable bonds is 7. The Morgan fingerprint density at radius 3 is 2.21 bits per heavy atom. The molecule has 1 unspecified atom stereocenters. The summed E-state index contributed by atoms with van der Waals surface area (Å²) in [4.78, 5) is 12.7. The maximum Gasteiger partial charge on any atom is 0.306 e. The van der Waals surface area contributed by atoms with Gasteiger partial charge in [0.2, 0.25) is 0 Å². The van der Waals surface area contributed by atoms with Crippen LogP contribution in [0.2, 0.25) is 0 Å². The van der Waals surface area contributed by atoms with Gasteiger partial charge in [-0.1, -0.05) is 47.0 Å². The van der Waals surface area contributed by atoms with Crippen molar-refractivity contribution < 1.29 is 42.1 Å². The maximum atomic E-state index is 10.2. The van der Waals surface area contributed by atoms with E-state index < -0.39 is 5.09 Å². The number of hydrogen-bond donors (Lipinski definition) is 0. The molecule has 1 aliphatic heterocycles. The molecule has 1 radical (unpaired) electrons. The third-order valence-electron chi connectivity index (χ3n) is 4.10. The Bertz CT molecular complexity index is 312. The van der Waals surface area contributed by atoms with Crippen molar-refractivity contribution >= 4 is 12.0 Å². The molecular weight excluding hydrogens is 401 g/mol. The third-order valence-corrected chi connectivity index (χ3v) is 5.23. The van der Waals surface area contributed by atoms with Crippen molar-refractivity contribution in [2.75, 3.05) is 19.6 Å². The van der Waals surface area contributed by atoms with Crippen molar-refractivity contribution in [3.63, 3.8) is 0 Å². The summed E-state index contributed by atoms with van der Waals surface area (Å²) < 4.78 is 4.43. The van der Waals surface area contributed by atoms with E-state index in [1.54, 1.807) is 0 Å². The average Bonchev–Trinajstić information content (AvgIpc) is 2.46. The molecule has 0 amide bonds. The van der Waals surface area contributed by atoms with E-state index in [1.807, 2.05) is 6.92 Å². The minimum atomic E-state index is -0.739. The molecule has 1 rings (SSSR count). The van der Waals surface area contributed by atoms with Gasteiger partial charge >= 0.3 is 5.09 Å². The predicted octanol–water partition coefficient (Wildman–Crippen LogP) is 5.06. The number of likely N-dealkylation sites (tertiary alicyclic amines) is 1. The summed E-state index contributed by atoms with van der Waals surface area (Å²) in [6.45, 7) is 17.7. The van der Waals surface area contributed by atoms with E-state index in [2.05, 4.69) is 43.8 Å². The zero-order valence-electron chi connectivity index (χ0n) is 16.4. The molecule has 0 aromatic heterocycles.